The average Bonchev–Trinajstić information content (AvgIpc) is 3.27. The van der Waals surface area contributed by atoms with Gasteiger partial charge in [0.2, 0.25) is 11.6 Å². The molecule has 2 aliphatic rings. The summed E-state index contributed by atoms with van der Waals surface area (Å²) in [7, 11) is 0. The number of rotatable bonds is 22. The maximum Gasteiger partial charge on any atom is 0.224 e. The van der Waals surface area contributed by atoms with Crippen LogP contribution in [0.1, 0.15) is 44.9 Å². The van der Waals surface area contributed by atoms with Crippen molar-refractivity contribution in [2.75, 3.05) is 72.7 Å². The molecule has 1 unspecified atom stereocenters. The molecule has 2 fully saturated rings. The first-order valence-corrected chi connectivity index (χ1v) is 15.5. The van der Waals surface area contributed by atoms with Crippen molar-refractivity contribution in [1.29, 1.82) is 0 Å². The standard InChI is InChI=1S/C28H54O19/c29-8-1-22(41,2-9-30)26(5-12-33)27(6-13-34,44-16-15-36)24(42,3-10-31)25(43,4-11-32)28(47-26,7-14-35)46-23(18-38)21(40)20(39)19(17-37)45-23/h19-21,29-43H,1-18H2/t19-,20-,21+,23?,24-,25-,26-,27+,28-/m1/s1. The lowest BCUT2D eigenvalue weighted by molar-refractivity contribution is -0.528. The van der Waals surface area contributed by atoms with Crippen LogP contribution >= 0.6 is 0 Å². The third-order valence-electron chi connectivity index (χ3n) is 9.78. The summed E-state index contributed by atoms with van der Waals surface area (Å²) < 4.78 is 24.2. The summed E-state index contributed by atoms with van der Waals surface area (Å²) in [5.41, 5.74) is -14.5. The van der Waals surface area contributed by atoms with Gasteiger partial charge in [-0.15, -0.1) is 0 Å². The Morgan fingerprint density at radius 1 is 0.638 bits per heavy atom. The van der Waals surface area contributed by atoms with Crippen LogP contribution in [0.25, 0.3) is 0 Å². The van der Waals surface area contributed by atoms with E-state index in [9.17, 15) is 76.6 Å². The van der Waals surface area contributed by atoms with Gasteiger partial charge in [0.25, 0.3) is 0 Å². The SMILES string of the molecule is OCCO[C@@]1(CCO)[C@@](O)(CCO)[C@](O)(CCO)[C@](CCO)(OC2(CO)O[C@H](CO)[C@@H](O)[C@@H]2O)O[C@]1(CCO)C(O)(CCO)CCO. The van der Waals surface area contributed by atoms with Crippen molar-refractivity contribution in [2.45, 2.75) is 103 Å². The van der Waals surface area contributed by atoms with Crippen LogP contribution in [-0.4, -0.2) is 207 Å². The summed E-state index contributed by atoms with van der Waals surface area (Å²) in [6, 6.07) is 0. The number of hydrogen-bond donors (Lipinski definition) is 15. The first-order valence-electron chi connectivity index (χ1n) is 15.5. The van der Waals surface area contributed by atoms with E-state index in [4.69, 9.17) is 18.9 Å². The zero-order valence-electron chi connectivity index (χ0n) is 26.3. The Balaban J connectivity index is 3.30. The summed E-state index contributed by atoms with van der Waals surface area (Å²) in [6.45, 7) is -10.4. The molecule has 15 N–H and O–H groups in total. The van der Waals surface area contributed by atoms with Crippen molar-refractivity contribution in [2.24, 2.45) is 0 Å². The highest BCUT2D eigenvalue weighted by molar-refractivity contribution is 5.32. The van der Waals surface area contributed by atoms with Gasteiger partial charge in [0, 0.05) is 91.2 Å². The molecule has 0 amide bonds. The van der Waals surface area contributed by atoms with Gasteiger partial charge >= 0.3 is 0 Å². The molecule has 2 heterocycles. The molecule has 0 aliphatic carbocycles. The number of hydrogen-bond acceptors (Lipinski definition) is 19. The third-order valence-corrected chi connectivity index (χ3v) is 9.78. The Hall–Kier alpha value is -0.760. The molecule has 0 spiro atoms. The number of aliphatic hydroxyl groups excluding tert-OH is 12. The van der Waals surface area contributed by atoms with Gasteiger partial charge in [-0.05, 0) is 0 Å². The molecule has 47 heavy (non-hydrogen) atoms. The van der Waals surface area contributed by atoms with Crippen molar-refractivity contribution in [3.8, 4) is 0 Å². The summed E-state index contributed by atoms with van der Waals surface area (Å²) in [6.07, 6.45) is -11.8. The summed E-state index contributed by atoms with van der Waals surface area (Å²) in [5.74, 6) is -5.97. The lowest BCUT2D eigenvalue weighted by Gasteiger charge is -2.73. The average molecular weight is 695 g/mol. The molecule has 0 radical (unpaired) electrons. The van der Waals surface area contributed by atoms with Gasteiger partial charge in [0.15, 0.2) is 5.60 Å². The number of ether oxygens (including phenoxy) is 4. The second kappa shape index (κ2) is 17.0. The normalized spacial score (nSPS) is 39.5. The third kappa shape index (κ3) is 6.60. The number of aliphatic hydroxyl groups is 15. The van der Waals surface area contributed by atoms with Crippen molar-refractivity contribution in [3.63, 3.8) is 0 Å². The summed E-state index contributed by atoms with van der Waals surface area (Å²) >= 11 is 0. The van der Waals surface area contributed by atoms with Gasteiger partial charge in [-0.25, -0.2) is 0 Å². The van der Waals surface area contributed by atoms with Crippen LogP contribution in [0.2, 0.25) is 0 Å². The molecule has 0 aromatic rings. The molecule has 0 saturated carbocycles. The Morgan fingerprint density at radius 3 is 1.60 bits per heavy atom. The second-order valence-corrected chi connectivity index (χ2v) is 12.0. The molecule has 0 bridgehead atoms. The Morgan fingerprint density at radius 2 is 1.17 bits per heavy atom. The molecule has 280 valence electrons. The van der Waals surface area contributed by atoms with E-state index in [1.54, 1.807) is 0 Å². The van der Waals surface area contributed by atoms with Crippen LogP contribution in [0, 0.1) is 0 Å². The van der Waals surface area contributed by atoms with Gasteiger partial charge in [-0.2, -0.15) is 0 Å². The van der Waals surface area contributed by atoms with E-state index in [-0.39, 0.29) is 0 Å². The second-order valence-electron chi connectivity index (χ2n) is 12.0. The molecular formula is C28H54O19. The van der Waals surface area contributed by atoms with Crippen LogP contribution in [0.5, 0.6) is 0 Å². The van der Waals surface area contributed by atoms with Crippen molar-refractivity contribution in [3.05, 3.63) is 0 Å². The molecule has 2 rings (SSSR count). The fraction of sp³-hybridized carbons (Fsp3) is 1.00. The van der Waals surface area contributed by atoms with E-state index in [2.05, 4.69) is 0 Å². The zero-order valence-corrected chi connectivity index (χ0v) is 26.3. The summed E-state index contributed by atoms with van der Waals surface area (Å²) in [5, 5.41) is 162. The smallest absolute Gasteiger partial charge is 0.224 e. The largest absolute Gasteiger partial charge is 0.396 e. The quantitative estimate of drug-likeness (QED) is 0.0500. The maximum absolute atomic E-state index is 13.0. The topological polar surface area (TPSA) is 340 Å². The van der Waals surface area contributed by atoms with Crippen molar-refractivity contribution >= 4 is 0 Å². The molecule has 2 saturated heterocycles. The van der Waals surface area contributed by atoms with E-state index in [0.717, 1.165) is 0 Å². The van der Waals surface area contributed by atoms with Gasteiger partial charge in [0.05, 0.1) is 19.8 Å². The monoisotopic (exact) mass is 694 g/mol. The molecular weight excluding hydrogens is 640 g/mol. The highest BCUT2D eigenvalue weighted by atomic mass is 16.8. The van der Waals surface area contributed by atoms with Gasteiger partial charge in [-0.1, -0.05) is 0 Å². The van der Waals surface area contributed by atoms with E-state index in [0.29, 0.717) is 0 Å². The van der Waals surface area contributed by atoms with E-state index >= 15 is 0 Å². The van der Waals surface area contributed by atoms with Crippen LogP contribution in [-0.2, 0) is 18.9 Å². The lowest BCUT2D eigenvalue weighted by Crippen LogP contribution is -2.92. The van der Waals surface area contributed by atoms with Crippen LogP contribution < -0.4 is 0 Å². The fourth-order valence-electron chi connectivity index (χ4n) is 7.76. The maximum atomic E-state index is 13.0. The summed E-state index contributed by atoms with van der Waals surface area (Å²) in [4.78, 5) is 0. The van der Waals surface area contributed by atoms with Crippen LogP contribution in [0.3, 0.4) is 0 Å². The van der Waals surface area contributed by atoms with Gasteiger partial charge in [-0.3, -0.25) is 0 Å². The minimum atomic E-state index is -3.20. The Bertz CT molecular complexity index is 941. The van der Waals surface area contributed by atoms with Crippen LogP contribution in [0.15, 0.2) is 0 Å². The molecule has 9 atom stereocenters. The van der Waals surface area contributed by atoms with Crippen molar-refractivity contribution < 1.29 is 95.5 Å². The lowest BCUT2D eigenvalue weighted by atomic mass is 9.50. The predicted octanol–water partition coefficient (Wildman–Crippen LogP) is -7.11. The van der Waals surface area contributed by atoms with E-state index in [1.807, 2.05) is 0 Å². The van der Waals surface area contributed by atoms with Crippen molar-refractivity contribution in [1.82, 2.24) is 0 Å². The van der Waals surface area contributed by atoms with E-state index < -0.39 is 176 Å². The molecule has 19 nitrogen and oxygen atoms in total. The zero-order chi connectivity index (χ0) is 35.8. The highest BCUT2D eigenvalue weighted by Crippen LogP contribution is 2.65. The van der Waals surface area contributed by atoms with Gasteiger partial charge in [0.1, 0.15) is 47.3 Å². The Labute approximate surface area is 271 Å². The van der Waals surface area contributed by atoms with Gasteiger partial charge < -0.3 is 95.5 Å². The molecule has 2 aliphatic heterocycles. The van der Waals surface area contributed by atoms with Crippen LogP contribution in [0.4, 0.5) is 0 Å². The minimum Gasteiger partial charge on any atom is -0.396 e. The van der Waals surface area contributed by atoms with E-state index in [1.165, 1.54) is 0 Å². The molecule has 0 aromatic heterocycles. The Kier molecular flexibility index (Phi) is 15.3. The first-order chi connectivity index (χ1) is 22.2. The predicted molar refractivity (Wildman–Crippen MR) is 154 cm³/mol. The fourth-order valence-corrected chi connectivity index (χ4v) is 7.76. The minimum absolute atomic E-state index is 0.714. The molecule has 19 heteroatoms. The highest BCUT2D eigenvalue weighted by Gasteiger charge is 2.85. The first kappa shape index (κ1) is 42.4. The molecule has 0 aromatic carbocycles.